The molecule has 2 heterocycles. The van der Waals surface area contributed by atoms with Crippen LogP contribution in [0.3, 0.4) is 0 Å². The highest BCUT2D eigenvalue weighted by atomic mass is 35.5. The van der Waals surface area contributed by atoms with Crippen molar-refractivity contribution < 1.29 is 14.3 Å². The van der Waals surface area contributed by atoms with Gasteiger partial charge in [0.05, 0.1) is 16.7 Å². The number of benzene rings is 2. The third-order valence-electron chi connectivity index (χ3n) is 4.57. The number of hydrogen-bond donors (Lipinski definition) is 2. The highest BCUT2D eigenvalue weighted by Crippen LogP contribution is 2.36. The standard InChI is InChI=1S/C19H17ClN4O3/c1-3-24-14-7-5-4-6-12(14)22-18(24)23-17(26)19(2)16(25)21-13-10-11(20)8-9-15(13)27-19/h4-10H,3H2,1-2H3,(H,21,25)(H,22,23,26). The van der Waals surface area contributed by atoms with Crippen molar-refractivity contribution in [2.24, 2.45) is 0 Å². The fraction of sp³-hybridized carbons (Fsp3) is 0.211. The van der Waals surface area contributed by atoms with Gasteiger partial charge in [0.2, 0.25) is 5.95 Å². The minimum Gasteiger partial charge on any atom is -0.466 e. The lowest BCUT2D eigenvalue weighted by Crippen LogP contribution is -2.56. The van der Waals surface area contributed by atoms with Gasteiger partial charge in [0.25, 0.3) is 17.4 Å². The Balaban J connectivity index is 1.67. The van der Waals surface area contributed by atoms with Crippen LogP contribution in [0.25, 0.3) is 11.0 Å². The summed E-state index contributed by atoms with van der Waals surface area (Å²) in [5, 5.41) is 5.87. The van der Waals surface area contributed by atoms with Crippen LogP contribution < -0.4 is 15.4 Å². The lowest BCUT2D eigenvalue weighted by Gasteiger charge is -2.33. The van der Waals surface area contributed by atoms with E-state index in [-0.39, 0.29) is 0 Å². The van der Waals surface area contributed by atoms with Crippen LogP contribution in [-0.2, 0) is 16.1 Å². The van der Waals surface area contributed by atoms with E-state index < -0.39 is 17.4 Å². The molecule has 1 aliphatic rings. The van der Waals surface area contributed by atoms with Crippen LogP contribution in [-0.4, -0.2) is 27.0 Å². The molecule has 2 N–H and O–H groups in total. The van der Waals surface area contributed by atoms with Gasteiger partial charge in [-0.15, -0.1) is 0 Å². The van der Waals surface area contributed by atoms with Crippen molar-refractivity contribution in [3.05, 3.63) is 47.5 Å². The van der Waals surface area contributed by atoms with E-state index in [0.29, 0.717) is 29.0 Å². The minimum absolute atomic E-state index is 0.364. The van der Waals surface area contributed by atoms with Crippen LogP contribution in [0.5, 0.6) is 5.75 Å². The van der Waals surface area contributed by atoms with Crippen molar-refractivity contribution in [3.63, 3.8) is 0 Å². The summed E-state index contributed by atoms with van der Waals surface area (Å²) in [6.45, 7) is 3.99. The Kier molecular flexibility index (Phi) is 4.04. The molecule has 7 nitrogen and oxygen atoms in total. The number of anilines is 2. The second kappa shape index (κ2) is 6.28. The first kappa shape index (κ1) is 17.4. The van der Waals surface area contributed by atoms with E-state index in [1.54, 1.807) is 18.2 Å². The van der Waals surface area contributed by atoms with Crippen LogP contribution in [0.2, 0.25) is 5.02 Å². The molecule has 2 aromatic carbocycles. The number of aryl methyl sites for hydroxylation is 1. The Hall–Kier alpha value is -3.06. The Morgan fingerprint density at radius 2 is 2.11 bits per heavy atom. The molecule has 0 saturated heterocycles. The van der Waals surface area contributed by atoms with Crippen molar-refractivity contribution in [1.29, 1.82) is 0 Å². The molecule has 4 rings (SSSR count). The lowest BCUT2D eigenvalue weighted by atomic mass is 10.0. The van der Waals surface area contributed by atoms with E-state index in [2.05, 4.69) is 15.6 Å². The van der Waals surface area contributed by atoms with Gasteiger partial charge in [0, 0.05) is 11.6 Å². The molecule has 0 radical (unpaired) electrons. The molecule has 0 fully saturated rings. The van der Waals surface area contributed by atoms with E-state index >= 15 is 0 Å². The van der Waals surface area contributed by atoms with Crippen molar-refractivity contribution in [2.75, 3.05) is 10.6 Å². The van der Waals surface area contributed by atoms with Crippen LogP contribution in [0.1, 0.15) is 13.8 Å². The maximum atomic E-state index is 12.9. The van der Waals surface area contributed by atoms with Crippen LogP contribution in [0.4, 0.5) is 11.6 Å². The Morgan fingerprint density at radius 3 is 2.89 bits per heavy atom. The number of hydrogen-bond acceptors (Lipinski definition) is 4. The number of carbonyl (C=O) groups excluding carboxylic acids is 2. The van der Waals surface area contributed by atoms with Crippen molar-refractivity contribution in [2.45, 2.75) is 26.0 Å². The van der Waals surface area contributed by atoms with Crippen molar-refractivity contribution in [1.82, 2.24) is 9.55 Å². The molecule has 8 heteroatoms. The Bertz CT molecular complexity index is 1080. The van der Waals surface area contributed by atoms with Crippen molar-refractivity contribution >= 4 is 46.1 Å². The number of rotatable bonds is 3. The van der Waals surface area contributed by atoms with Gasteiger partial charge in [-0.1, -0.05) is 23.7 Å². The van der Waals surface area contributed by atoms with Gasteiger partial charge in [-0.2, -0.15) is 0 Å². The van der Waals surface area contributed by atoms with Crippen LogP contribution in [0, 0.1) is 0 Å². The highest BCUT2D eigenvalue weighted by Gasteiger charge is 2.47. The van der Waals surface area contributed by atoms with Crippen LogP contribution >= 0.6 is 11.6 Å². The third-order valence-corrected chi connectivity index (χ3v) is 4.80. The molecule has 1 aromatic heterocycles. The fourth-order valence-corrected chi connectivity index (χ4v) is 3.23. The summed E-state index contributed by atoms with van der Waals surface area (Å²) < 4.78 is 7.61. The number of nitrogens with zero attached hydrogens (tertiary/aromatic N) is 2. The first-order chi connectivity index (χ1) is 12.9. The number of fused-ring (bicyclic) bond motifs is 2. The molecule has 3 aromatic rings. The molecule has 2 amide bonds. The van der Waals surface area contributed by atoms with E-state index in [0.717, 1.165) is 11.0 Å². The zero-order valence-corrected chi connectivity index (χ0v) is 15.5. The largest absolute Gasteiger partial charge is 0.466 e. The summed E-state index contributed by atoms with van der Waals surface area (Å²) in [6.07, 6.45) is 0. The number of ether oxygens (including phenoxy) is 1. The smallest absolute Gasteiger partial charge is 0.280 e. The third kappa shape index (κ3) is 2.80. The van der Waals surface area contributed by atoms with Gasteiger partial charge in [0.1, 0.15) is 5.75 Å². The number of nitrogens with one attached hydrogen (secondary N) is 2. The average molecular weight is 385 g/mol. The molecule has 138 valence electrons. The van der Waals surface area contributed by atoms with Gasteiger partial charge in [-0.25, -0.2) is 4.98 Å². The monoisotopic (exact) mass is 384 g/mol. The first-order valence-corrected chi connectivity index (χ1v) is 8.87. The lowest BCUT2D eigenvalue weighted by molar-refractivity contribution is -0.143. The number of carbonyl (C=O) groups is 2. The second-order valence-electron chi connectivity index (χ2n) is 6.35. The zero-order chi connectivity index (χ0) is 19.2. The number of para-hydroxylation sites is 2. The molecule has 1 unspecified atom stereocenters. The summed E-state index contributed by atoms with van der Waals surface area (Å²) >= 11 is 5.94. The number of amides is 2. The SMILES string of the molecule is CCn1c(NC(=O)C2(C)Oc3ccc(Cl)cc3NC2=O)nc2ccccc21. The molecular formula is C19H17ClN4O3. The summed E-state index contributed by atoms with van der Waals surface area (Å²) in [7, 11) is 0. The molecule has 0 saturated carbocycles. The molecule has 0 spiro atoms. The maximum absolute atomic E-state index is 12.9. The first-order valence-electron chi connectivity index (χ1n) is 8.49. The Labute approximate surface area is 160 Å². The summed E-state index contributed by atoms with van der Waals surface area (Å²) in [4.78, 5) is 30.0. The van der Waals surface area contributed by atoms with Gasteiger partial charge in [-0.05, 0) is 44.2 Å². The van der Waals surface area contributed by atoms with Gasteiger partial charge in [0.15, 0.2) is 0 Å². The quantitative estimate of drug-likeness (QED) is 0.677. The van der Waals surface area contributed by atoms with E-state index in [4.69, 9.17) is 16.3 Å². The van der Waals surface area contributed by atoms with E-state index in [1.165, 1.54) is 6.92 Å². The van der Waals surface area contributed by atoms with Gasteiger partial charge in [-0.3, -0.25) is 14.9 Å². The predicted molar refractivity (Wildman–Crippen MR) is 103 cm³/mol. The van der Waals surface area contributed by atoms with Crippen molar-refractivity contribution in [3.8, 4) is 5.75 Å². The summed E-state index contributed by atoms with van der Waals surface area (Å²) in [5.41, 5.74) is 0.346. The topological polar surface area (TPSA) is 85.3 Å². The normalized spacial score (nSPS) is 18.6. The molecule has 0 bridgehead atoms. The minimum atomic E-state index is -1.74. The number of imidazole rings is 1. The predicted octanol–water partition coefficient (Wildman–Crippen LogP) is 3.44. The molecular weight excluding hydrogens is 368 g/mol. The van der Waals surface area contributed by atoms with Crippen LogP contribution in [0.15, 0.2) is 42.5 Å². The average Bonchev–Trinajstić information content (AvgIpc) is 3.00. The number of aromatic nitrogens is 2. The van der Waals surface area contributed by atoms with Gasteiger partial charge >= 0.3 is 0 Å². The zero-order valence-electron chi connectivity index (χ0n) is 14.7. The van der Waals surface area contributed by atoms with E-state index in [1.807, 2.05) is 35.8 Å². The molecule has 27 heavy (non-hydrogen) atoms. The molecule has 0 aliphatic carbocycles. The fourth-order valence-electron chi connectivity index (χ4n) is 3.06. The number of halogens is 1. The Morgan fingerprint density at radius 1 is 1.33 bits per heavy atom. The summed E-state index contributed by atoms with van der Waals surface area (Å²) in [6, 6.07) is 12.4. The van der Waals surface area contributed by atoms with E-state index in [9.17, 15) is 9.59 Å². The second-order valence-corrected chi connectivity index (χ2v) is 6.79. The maximum Gasteiger partial charge on any atom is 0.280 e. The highest BCUT2D eigenvalue weighted by molar-refractivity contribution is 6.31. The van der Waals surface area contributed by atoms with Gasteiger partial charge < -0.3 is 14.6 Å². The summed E-state index contributed by atoms with van der Waals surface area (Å²) in [5.74, 6) is -0.441. The molecule has 1 atom stereocenters. The molecule has 1 aliphatic heterocycles.